The number of carbonyl (C=O) groups excluding carboxylic acids is 1. The summed E-state index contributed by atoms with van der Waals surface area (Å²) in [5.74, 6) is 0. The molecule has 4 heteroatoms. The molecule has 0 spiro atoms. The average molecular weight is 284 g/mol. The zero-order valence-corrected chi connectivity index (χ0v) is 13.1. The van der Waals surface area contributed by atoms with Gasteiger partial charge >= 0.3 is 18.9 Å². The second kappa shape index (κ2) is 7.27. The minimum Gasteiger partial charge on any atom is -0.289 e. The standard InChI is InChI=1S/C15H14ClOP.Li/c1-10-6-3-4-9-13(10)18-15(17)14-11(2)7-5-8-12(14)16;/h3-9,18H,1-2H3;/q;+1. The molecule has 0 saturated carbocycles. The molecular weight excluding hydrogens is 270 g/mol. The topological polar surface area (TPSA) is 17.1 Å². The molecule has 19 heavy (non-hydrogen) atoms. The zero-order valence-electron chi connectivity index (χ0n) is 11.3. The van der Waals surface area contributed by atoms with Crippen LogP contribution in [0.1, 0.15) is 21.5 Å². The van der Waals surface area contributed by atoms with Crippen LogP contribution >= 0.6 is 20.2 Å². The number of rotatable bonds is 3. The molecule has 0 saturated heterocycles. The van der Waals surface area contributed by atoms with Crippen LogP contribution in [0.3, 0.4) is 0 Å². The maximum Gasteiger partial charge on any atom is 1.00 e. The van der Waals surface area contributed by atoms with Gasteiger partial charge in [0.25, 0.3) is 0 Å². The van der Waals surface area contributed by atoms with Crippen molar-refractivity contribution in [1.82, 2.24) is 0 Å². The number of hydrogen-bond donors (Lipinski definition) is 0. The van der Waals surface area contributed by atoms with E-state index in [9.17, 15) is 4.79 Å². The van der Waals surface area contributed by atoms with Crippen LogP contribution < -0.4 is 24.2 Å². The first-order valence-corrected chi connectivity index (χ1v) is 7.09. The largest absolute Gasteiger partial charge is 1.00 e. The van der Waals surface area contributed by atoms with E-state index in [1.807, 2.05) is 50.2 Å². The van der Waals surface area contributed by atoms with Gasteiger partial charge in [-0.2, -0.15) is 0 Å². The van der Waals surface area contributed by atoms with E-state index in [-0.39, 0.29) is 33.0 Å². The maximum atomic E-state index is 12.3. The Morgan fingerprint density at radius 1 is 1.00 bits per heavy atom. The first-order valence-electron chi connectivity index (χ1n) is 5.71. The third-order valence-electron chi connectivity index (χ3n) is 2.84. The Labute approximate surface area is 132 Å². The third-order valence-corrected chi connectivity index (χ3v) is 4.46. The first-order chi connectivity index (χ1) is 8.59. The summed E-state index contributed by atoms with van der Waals surface area (Å²) in [5, 5.41) is 1.63. The number of halogens is 1. The molecule has 0 aromatic heterocycles. The van der Waals surface area contributed by atoms with Gasteiger partial charge in [0, 0.05) is 5.56 Å². The fraction of sp³-hybridized carbons (Fsp3) is 0.133. The van der Waals surface area contributed by atoms with Gasteiger partial charge in [-0.05, 0) is 44.9 Å². The van der Waals surface area contributed by atoms with Gasteiger partial charge in [0.1, 0.15) is 0 Å². The summed E-state index contributed by atoms with van der Waals surface area (Å²) in [6.45, 7) is 3.94. The molecule has 2 aromatic carbocycles. The zero-order chi connectivity index (χ0) is 13.1. The monoisotopic (exact) mass is 283 g/mol. The molecule has 0 aliphatic rings. The third kappa shape index (κ3) is 3.94. The van der Waals surface area contributed by atoms with E-state index >= 15 is 0 Å². The summed E-state index contributed by atoms with van der Waals surface area (Å²) in [7, 11) is 0.124. The molecule has 2 aromatic rings. The molecular formula is C15H14ClLiOP+. The van der Waals surface area contributed by atoms with Crippen molar-refractivity contribution in [2.45, 2.75) is 13.8 Å². The van der Waals surface area contributed by atoms with Gasteiger partial charge in [-0.25, -0.2) is 0 Å². The molecule has 2 rings (SSSR count). The minimum absolute atomic E-state index is 0. The quantitative estimate of drug-likeness (QED) is 0.609. The van der Waals surface area contributed by atoms with Gasteiger partial charge in [0.05, 0.1) is 5.02 Å². The SMILES string of the molecule is Cc1ccccc1PC(=O)c1c(C)cccc1Cl.[Li+]. The van der Waals surface area contributed by atoms with E-state index in [0.29, 0.717) is 10.6 Å². The van der Waals surface area contributed by atoms with Crippen LogP contribution in [0.4, 0.5) is 0 Å². The molecule has 0 aliphatic heterocycles. The second-order valence-electron chi connectivity index (χ2n) is 4.20. The van der Waals surface area contributed by atoms with Crippen LogP contribution in [0.25, 0.3) is 0 Å². The summed E-state index contributed by atoms with van der Waals surface area (Å²) >= 11 is 6.11. The Morgan fingerprint density at radius 2 is 1.63 bits per heavy atom. The van der Waals surface area contributed by atoms with Crippen molar-refractivity contribution in [2.24, 2.45) is 0 Å². The van der Waals surface area contributed by atoms with E-state index in [1.54, 1.807) is 6.07 Å². The van der Waals surface area contributed by atoms with E-state index in [1.165, 1.54) is 0 Å². The fourth-order valence-corrected chi connectivity index (χ4v) is 3.37. The van der Waals surface area contributed by atoms with Crippen LogP contribution in [0.15, 0.2) is 42.5 Å². The van der Waals surface area contributed by atoms with Gasteiger partial charge in [0.2, 0.25) is 0 Å². The molecule has 0 fully saturated rings. The molecule has 0 amide bonds. The molecule has 1 nitrogen and oxygen atoms in total. The normalized spacial score (nSPS) is 10.5. The number of benzene rings is 2. The van der Waals surface area contributed by atoms with Gasteiger partial charge in [-0.1, -0.05) is 48.0 Å². The molecule has 1 unspecified atom stereocenters. The predicted molar refractivity (Wildman–Crippen MR) is 79.6 cm³/mol. The van der Waals surface area contributed by atoms with Gasteiger partial charge < -0.3 is 0 Å². The predicted octanol–water partition coefficient (Wildman–Crippen LogP) is 1.11. The molecule has 0 aliphatic carbocycles. The smallest absolute Gasteiger partial charge is 0.289 e. The Hall–Kier alpha value is -0.573. The van der Waals surface area contributed by atoms with Crippen LogP contribution in [-0.4, -0.2) is 5.52 Å². The van der Waals surface area contributed by atoms with Crippen molar-refractivity contribution < 1.29 is 23.7 Å². The van der Waals surface area contributed by atoms with Crippen LogP contribution in [0.5, 0.6) is 0 Å². The van der Waals surface area contributed by atoms with E-state index < -0.39 is 0 Å². The Bertz CT molecular complexity index is 578. The van der Waals surface area contributed by atoms with Crippen molar-refractivity contribution in [3.05, 3.63) is 64.2 Å². The van der Waals surface area contributed by atoms with Crippen LogP contribution in [-0.2, 0) is 0 Å². The molecule has 0 radical (unpaired) electrons. The van der Waals surface area contributed by atoms with Crippen molar-refractivity contribution in [2.75, 3.05) is 0 Å². The van der Waals surface area contributed by atoms with Crippen LogP contribution in [0, 0.1) is 13.8 Å². The Morgan fingerprint density at radius 3 is 2.26 bits per heavy atom. The molecule has 0 heterocycles. The van der Waals surface area contributed by atoms with Gasteiger partial charge in [-0.15, -0.1) is 0 Å². The number of hydrogen-bond acceptors (Lipinski definition) is 1. The Balaban J connectivity index is 0.00000180. The van der Waals surface area contributed by atoms with Crippen molar-refractivity contribution in [1.29, 1.82) is 0 Å². The van der Waals surface area contributed by atoms with E-state index in [4.69, 9.17) is 11.6 Å². The summed E-state index contributed by atoms with van der Waals surface area (Å²) in [6.07, 6.45) is 0. The number of aryl methyl sites for hydroxylation is 2. The Kier molecular flexibility index (Phi) is 6.31. The summed E-state index contributed by atoms with van der Waals surface area (Å²) in [5.41, 5.74) is 2.84. The number of carbonyl (C=O) groups is 1. The van der Waals surface area contributed by atoms with Crippen molar-refractivity contribution in [3.8, 4) is 0 Å². The first kappa shape index (κ1) is 16.5. The summed E-state index contributed by atoms with van der Waals surface area (Å²) < 4.78 is 0. The van der Waals surface area contributed by atoms with E-state index in [2.05, 4.69) is 0 Å². The minimum atomic E-state index is 0. The van der Waals surface area contributed by atoms with Crippen molar-refractivity contribution >= 4 is 31.0 Å². The van der Waals surface area contributed by atoms with Crippen molar-refractivity contribution in [3.63, 3.8) is 0 Å². The van der Waals surface area contributed by atoms with E-state index in [0.717, 1.165) is 16.4 Å². The second-order valence-corrected chi connectivity index (χ2v) is 5.85. The molecule has 0 N–H and O–H groups in total. The molecule has 92 valence electrons. The van der Waals surface area contributed by atoms with Gasteiger partial charge in [-0.3, -0.25) is 4.79 Å². The molecule has 0 bridgehead atoms. The summed E-state index contributed by atoms with van der Waals surface area (Å²) in [4.78, 5) is 12.3. The molecule has 1 atom stereocenters. The summed E-state index contributed by atoms with van der Waals surface area (Å²) in [6, 6.07) is 13.5. The maximum absolute atomic E-state index is 12.3. The average Bonchev–Trinajstić information content (AvgIpc) is 2.32. The van der Waals surface area contributed by atoms with Gasteiger partial charge in [0.15, 0.2) is 5.52 Å². The van der Waals surface area contributed by atoms with Crippen LogP contribution in [0.2, 0.25) is 5.02 Å². The fourth-order valence-electron chi connectivity index (χ4n) is 1.82.